The molecular weight excluding hydrogens is 493 g/mol. The van der Waals surface area contributed by atoms with Crippen molar-refractivity contribution in [3.05, 3.63) is 96.3 Å². The normalized spacial score (nSPS) is 12.1. The Morgan fingerprint density at radius 3 is 2.00 bits per heavy atom. The van der Waals surface area contributed by atoms with Crippen molar-refractivity contribution in [2.75, 3.05) is 17.4 Å². The average molecular weight is 526 g/mol. The maximum absolute atomic E-state index is 13.7. The third-order valence-corrected chi connectivity index (χ3v) is 7.56. The summed E-state index contributed by atoms with van der Waals surface area (Å²) in [5.74, 6) is -1.14. The highest BCUT2D eigenvalue weighted by Gasteiger charge is 2.32. The van der Waals surface area contributed by atoms with Gasteiger partial charge in [-0.15, -0.1) is 0 Å². The van der Waals surface area contributed by atoms with Crippen LogP contribution >= 0.6 is 0 Å². The van der Waals surface area contributed by atoms with Gasteiger partial charge in [0.2, 0.25) is 11.8 Å². The lowest BCUT2D eigenvalue weighted by atomic mass is 10.1. The molecule has 0 fully saturated rings. The second-order valence-corrected chi connectivity index (χ2v) is 11.0. The molecule has 37 heavy (non-hydrogen) atoms. The predicted molar refractivity (Wildman–Crippen MR) is 142 cm³/mol. The van der Waals surface area contributed by atoms with E-state index in [2.05, 4.69) is 5.32 Å². The molecule has 0 radical (unpaired) electrons. The van der Waals surface area contributed by atoms with E-state index in [1.54, 1.807) is 55.5 Å². The van der Waals surface area contributed by atoms with Crippen LogP contribution < -0.4 is 9.62 Å². The average Bonchev–Trinajstić information content (AvgIpc) is 2.90. The second-order valence-electron chi connectivity index (χ2n) is 9.12. The first-order valence-corrected chi connectivity index (χ1v) is 13.5. The SMILES string of the molecule is CC(C)CNC(=O)[C@H](C)N(Cc1ccc(F)cc1)C(=O)CN(c1ccccc1)S(=O)(=O)c1ccccc1. The summed E-state index contributed by atoms with van der Waals surface area (Å²) < 4.78 is 41.7. The summed E-state index contributed by atoms with van der Waals surface area (Å²) in [5.41, 5.74) is 0.925. The van der Waals surface area contributed by atoms with Crippen LogP contribution in [0.15, 0.2) is 89.8 Å². The first-order chi connectivity index (χ1) is 17.6. The lowest BCUT2D eigenvalue weighted by Gasteiger charge is -2.32. The van der Waals surface area contributed by atoms with Crippen molar-refractivity contribution in [1.82, 2.24) is 10.2 Å². The number of nitrogens with zero attached hydrogens (tertiary/aromatic N) is 2. The summed E-state index contributed by atoms with van der Waals surface area (Å²) in [6, 6.07) is 20.9. The highest BCUT2D eigenvalue weighted by molar-refractivity contribution is 7.92. The number of hydrogen-bond donors (Lipinski definition) is 1. The van der Waals surface area contributed by atoms with Gasteiger partial charge >= 0.3 is 0 Å². The van der Waals surface area contributed by atoms with Crippen LogP contribution in [0.4, 0.5) is 10.1 Å². The number of carbonyl (C=O) groups is 2. The van der Waals surface area contributed by atoms with E-state index in [4.69, 9.17) is 0 Å². The summed E-state index contributed by atoms with van der Waals surface area (Å²) in [7, 11) is -4.09. The molecule has 0 heterocycles. The highest BCUT2D eigenvalue weighted by Crippen LogP contribution is 2.24. The van der Waals surface area contributed by atoms with E-state index in [-0.39, 0.29) is 23.3 Å². The number of para-hydroxylation sites is 1. The molecular formula is C28H32FN3O4S. The van der Waals surface area contributed by atoms with Crippen molar-refractivity contribution in [3.63, 3.8) is 0 Å². The number of benzene rings is 3. The van der Waals surface area contributed by atoms with Crippen LogP contribution in [0.2, 0.25) is 0 Å². The van der Waals surface area contributed by atoms with E-state index in [0.29, 0.717) is 17.8 Å². The molecule has 0 aliphatic carbocycles. The van der Waals surface area contributed by atoms with Crippen molar-refractivity contribution < 1.29 is 22.4 Å². The van der Waals surface area contributed by atoms with Crippen LogP contribution in [-0.2, 0) is 26.2 Å². The molecule has 0 aliphatic heterocycles. The van der Waals surface area contributed by atoms with Gasteiger partial charge in [-0.1, -0.05) is 62.4 Å². The first kappa shape index (κ1) is 27.9. The van der Waals surface area contributed by atoms with Crippen LogP contribution in [0.25, 0.3) is 0 Å². The van der Waals surface area contributed by atoms with Crippen LogP contribution in [0.5, 0.6) is 0 Å². The van der Waals surface area contributed by atoms with E-state index in [9.17, 15) is 22.4 Å². The number of carbonyl (C=O) groups excluding carboxylic acids is 2. The van der Waals surface area contributed by atoms with Crippen LogP contribution in [-0.4, -0.2) is 44.3 Å². The molecule has 9 heteroatoms. The van der Waals surface area contributed by atoms with Gasteiger partial charge in [0.1, 0.15) is 18.4 Å². The Labute approximate surface area is 218 Å². The lowest BCUT2D eigenvalue weighted by Crippen LogP contribution is -2.51. The third-order valence-electron chi connectivity index (χ3n) is 5.77. The van der Waals surface area contributed by atoms with E-state index < -0.39 is 34.3 Å². The summed E-state index contributed by atoms with van der Waals surface area (Å²) in [5, 5.41) is 2.83. The van der Waals surface area contributed by atoms with Crippen molar-refractivity contribution in [1.29, 1.82) is 0 Å². The Morgan fingerprint density at radius 2 is 1.43 bits per heavy atom. The maximum Gasteiger partial charge on any atom is 0.264 e. The molecule has 0 aromatic heterocycles. The summed E-state index contributed by atoms with van der Waals surface area (Å²) in [4.78, 5) is 28.0. The Bertz CT molecular complexity index is 1280. The minimum Gasteiger partial charge on any atom is -0.354 e. The zero-order chi connectivity index (χ0) is 27.0. The predicted octanol–water partition coefficient (Wildman–Crippen LogP) is 4.21. The smallest absolute Gasteiger partial charge is 0.264 e. The Hall–Kier alpha value is -3.72. The third kappa shape index (κ3) is 7.39. The van der Waals surface area contributed by atoms with Gasteiger partial charge in [-0.05, 0) is 54.8 Å². The van der Waals surface area contributed by atoms with Crippen LogP contribution in [0, 0.1) is 11.7 Å². The number of anilines is 1. The van der Waals surface area contributed by atoms with E-state index in [0.717, 1.165) is 4.31 Å². The molecule has 7 nitrogen and oxygen atoms in total. The van der Waals surface area contributed by atoms with Crippen LogP contribution in [0.1, 0.15) is 26.3 Å². The molecule has 2 amide bonds. The number of halogens is 1. The maximum atomic E-state index is 13.7. The van der Waals surface area contributed by atoms with Gasteiger partial charge in [-0.25, -0.2) is 12.8 Å². The fraction of sp³-hybridized carbons (Fsp3) is 0.286. The van der Waals surface area contributed by atoms with Crippen molar-refractivity contribution in [2.45, 2.75) is 38.3 Å². The quantitative estimate of drug-likeness (QED) is 0.406. The fourth-order valence-electron chi connectivity index (χ4n) is 3.66. The minimum absolute atomic E-state index is 0.00337. The lowest BCUT2D eigenvalue weighted by molar-refractivity contribution is -0.139. The molecule has 196 valence electrons. The Kier molecular flexibility index (Phi) is 9.41. The molecule has 0 saturated heterocycles. The molecule has 1 atom stereocenters. The van der Waals surface area contributed by atoms with Crippen LogP contribution in [0.3, 0.4) is 0 Å². The highest BCUT2D eigenvalue weighted by atomic mass is 32.2. The molecule has 0 saturated carbocycles. The van der Waals surface area contributed by atoms with Crippen molar-refractivity contribution in [3.8, 4) is 0 Å². The van der Waals surface area contributed by atoms with Gasteiger partial charge in [0.25, 0.3) is 10.0 Å². The molecule has 3 rings (SSSR count). The Balaban J connectivity index is 1.96. The second kappa shape index (κ2) is 12.5. The molecule has 3 aromatic carbocycles. The van der Waals surface area contributed by atoms with Gasteiger partial charge in [0.05, 0.1) is 10.6 Å². The van der Waals surface area contributed by atoms with Gasteiger partial charge in [0.15, 0.2) is 0 Å². The number of hydrogen-bond acceptors (Lipinski definition) is 4. The first-order valence-electron chi connectivity index (χ1n) is 12.0. The number of nitrogens with one attached hydrogen (secondary N) is 1. The topological polar surface area (TPSA) is 86.8 Å². The molecule has 0 aliphatic rings. The number of amides is 2. The van der Waals surface area contributed by atoms with E-state index in [1.165, 1.54) is 41.3 Å². The van der Waals surface area contributed by atoms with Crippen molar-refractivity contribution in [2.24, 2.45) is 5.92 Å². The summed E-state index contributed by atoms with van der Waals surface area (Å²) >= 11 is 0. The van der Waals surface area contributed by atoms with Gasteiger partial charge < -0.3 is 10.2 Å². The molecule has 0 spiro atoms. The fourth-order valence-corrected chi connectivity index (χ4v) is 5.10. The molecule has 0 bridgehead atoms. The number of sulfonamides is 1. The van der Waals surface area contributed by atoms with Crippen molar-refractivity contribution >= 4 is 27.5 Å². The summed E-state index contributed by atoms with van der Waals surface area (Å²) in [6.07, 6.45) is 0. The van der Waals surface area contributed by atoms with Gasteiger partial charge in [-0.2, -0.15) is 0 Å². The minimum atomic E-state index is -4.09. The number of rotatable bonds is 11. The zero-order valence-corrected chi connectivity index (χ0v) is 22.0. The van der Waals surface area contributed by atoms with Gasteiger partial charge in [-0.3, -0.25) is 13.9 Å². The summed E-state index contributed by atoms with van der Waals surface area (Å²) in [6.45, 7) is 5.42. The monoisotopic (exact) mass is 525 g/mol. The molecule has 1 N–H and O–H groups in total. The standard InChI is InChI=1S/C28H32FN3O4S/c1-21(2)18-30-28(34)22(3)31(19-23-14-16-24(29)17-15-23)27(33)20-32(25-10-6-4-7-11-25)37(35,36)26-12-8-5-9-13-26/h4-17,21-22H,18-20H2,1-3H3,(H,30,34)/t22-/m0/s1. The molecule has 0 unspecified atom stereocenters. The zero-order valence-electron chi connectivity index (χ0n) is 21.2. The molecule has 3 aromatic rings. The largest absolute Gasteiger partial charge is 0.354 e. The van der Waals surface area contributed by atoms with Gasteiger partial charge in [0, 0.05) is 13.1 Å². The Morgan fingerprint density at radius 1 is 0.865 bits per heavy atom. The van der Waals surface area contributed by atoms with E-state index in [1.807, 2.05) is 13.8 Å². The van der Waals surface area contributed by atoms with E-state index >= 15 is 0 Å².